The molecular weight excluding hydrogens is 239 g/mol. The lowest BCUT2D eigenvalue weighted by molar-refractivity contribution is 0.275. The van der Waals surface area contributed by atoms with Crippen molar-refractivity contribution in [2.45, 2.75) is 0 Å². The summed E-state index contributed by atoms with van der Waals surface area (Å²) in [4.78, 5) is 21.6. The Bertz CT molecular complexity index is 180. The summed E-state index contributed by atoms with van der Waals surface area (Å²) in [6.07, 6.45) is 0. The smallest absolute Gasteiger partial charge is 0.303 e. The first-order chi connectivity index (χ1) is 5.13. The van der Waals surface area contributed by atoms with E-state index in [-0.39, 0.29) is 0 Å². The van der Waals surface area contributed by atoms with E-state index < -0.39 is 30.5 Å². The average molecular weight is 244 g/mol. The zero-order chi connectivity index (χ0) is 10.4. The highest BCUT2D eigenvalue weighted by Gasteiger charge is 2.00. The van der Waals surface area contributed by atoms with Gasteiger partial charge in [0.2, 0.25) is 0 Å². The van der Waals surface area contributed by atoms with Crippen molar-refractivity contribution in [2.75, 3.05) is 0 Å². The summed E-state index contributed by atoms with van der Waals surface area (Å²) >= 11 is -5.29. The van der Waals surface area contributed by atoms with E-state index in [1.165, 1.54) is 0 Å². The zero-order valence-electron chi connectivity index (χ0n) is 5.13. The lowest BCUT2D eigenvalue weighted by atomic mass is 15.8. The molecule has 0 bridgehead atoms. The standard InChI is InChI=1S/H2O5S2.H3O4P/c1-6(2)5-7(3)4;1-5(2,3)4/h(H,1,2)(H,3,4);(H3,1,2,3,4). The molecule has 12 heteroatoms. The van der Waals surface area contributed by atoms with E-state index >= 15 is 0 Å². The molecule has 0 radical (unpaired) electrons. The van der Waals surface area contributed by atoms with Gasteiger partial charge in [-0.1, -0.05) is 0 Å². The minimum Gasteiger partial charge on any atom is -0.303 e. The quantitative estimate of drug-likeness (QED) is 0.283. The Labute approximate surface area is 71.6 Å². The lowest BCUT2D eigenvalue weighted by Gasteiger charge is -1.82. The molecule has 0 spiro atoms. The Morgan fingerprint density at radius 3 is 1.17 bits per heavy atom. The van der Waals surface area contributed by atoms with Gasteiger partial charge in [0.1, 0.15) is 0 Å². The minimum atomic E-state index is -4.64. The van der Waals surface area contributed by atoms with Crippen molar-refractivity contribution in [1.82, 2.24) is 0 Å². The van der Waals surface area contributed by atoms with Crippen LogP contribution in [0.15, 0.2) is 0 Å². The Morgan fingerprint density at radius 1 is 1.00 bits per heavy atom. The Balaban J connectivity index is 0. The molecule has 0 aromatic carbocycles. The predicted molar refractivity (Wildman–Crippen MR) is 36.9 cm³/mol. The molecule has 0 saturated heterocycles. The Hall–Kier alpha value is 0.290. The molecule has 5 N–H and O–H groups in total. The van der Waals surface area contributed by atoms with Crippen LogP contribution in [-0.4, -0.2) is 32.2 Å². The van der Waals surface area contributed by atoms with E-state index in [0.717, 1.165) is 0 Å². The molecule has 0 aromatic rings. The van der Waals surface area contributed by atoms with Crippen molar-refractivity contribution in [1.29, 1.82) is 0 Å². The molecule has 12 heavy (non-hydrogen) atoms. The van der Waals surface area contributed by atoms with Gasteiger partial charge in [-0.05, 0) is 0 Å². The van der Waals surface area contributed by atoms with Crippen molar-refractivity contribution in [3.05, 3.63) is 0 Å². The van der Waals surface area contributed by atoms with Crippen LogP contribution in [0.25, 0.3) is 0 Å². The van der Waals surface area contributed by atoms with E-state index in [1.54, 1.807) is 0 Å². The van der Waals surface area contributed by atoms with Crippen molar-refractivity contribution in [3.8, 4) is 0 Å². The summed E-state index contributed by atoms with van der Waals surface area (Å²) in [6.45, 7) is 0. The van der Waals surface area contributed by atoms with Crippen LogP contribution in [0.1, 0.15) is 0 Å². The van der Waals surface area contributed by atoms with Gasteiger partial charge >= 0.3 is 30.5 Å². The summed E-state index contributed by atoms with van der Waals surface area (Å²) in [5.74, 6) is 0. The highest BCUT2D eigenvalue weighted by Crippen LogP contribution is 2.25. The maximum Gasteiger partial charge on any atom is 0.466 e. The third-order valence-electron chi connectivity index (χ3n) is 0.116. The van der Waals surface area contributed by atoms with Crippen LogP contribution < -0.4 is 0 Å². The molecule has 0 unspecified atom stereocenters. The maximum atomic E-state index is 9.35. The fraction of sp³-hybridized carbons (Fsp3) is 0. The summed E-state index contributed by atoms with van der Waals surface area (Å²) in [5.41, 5.74) is 0. The Kier molecular flexibility index (Phi) is 8.34. The second-order valence-corrected chi connectivity index (χ2v) is 3.45. The molecule has 9 nitrogen and oxygen atoms in total. The fourth-order valence-corrected chi connectivity index (χ4v) is 0.448. The van der Waals surface area contributed by atoms with Gasteiger partial charge in [-0.25, -0.2) is 4.57 Å². The molecule has 0 rings (SSSR count). The van der Waals surface area contributed by atoms with Gasteiger partial charge in [0.25, 0.3) is 0 Å². The van der Waals surface area contributed by atoms with Gasteiger partial charge in [-0.3, -0.25) is 9.11 Å². The van der Waals surface area contributed by atoms with Crippen LogP contribution >= 0.6 is 7.82 Å². The van der Waals surface area contributed by atoms with Crippen LogP contribution in [0.4, 0.5) is 0 Å². The first kappa shape index (κ1) is 14.8. The molecule has 0 atom stereocenters. The molecule has 0 amide bonds. The fourth-order valence-electron chi connectivity index (χ4n) is 0.0498. The van der Waals surface area contributed by atoms with Crippen molar-refractivity contribution in [2.24, 2.45) is 0 Å². The first-order valence-electron chi connectivity index (χ1n) is 1.81. The second kappa shape index (κ2) is 6.77. The highest BCUT2D eigenvalue weighted by molar-refractivity contribution is 7.87. The van der Waals surface area contributed by atoms with E-state index in [2.05, 4.69) is 3.63 Å². The number of phosphoric acid groups is 1. The topological polar surface area (TPSA) is 162 Å². The lowest BCUT2D eigenvalue weighted by Crippen LogP contribution is -1.96. The van der Waals surface area contributed by atoms with Gasteiger partial charge in [0.15, 0.2) is 0 Å². The van der Waals surface area contributed by atoms with Gasteiger partial charge in [0.05, 0.1) is 0 Å². The van der Waals surface area contributed by atoms with Crippen LogP contribution in [0.2, 0.25) is 0 Å². The summed E-state index contributed by atoms with van der Waals surface area (Å²) < 4.78 is 46.1. The van der Waals surface area contributed by atoms with E-state index in [4.69, 9.17) is 28.4 Å². The first-order valence-corrected chi connectivity index (χ1v) is 5.44. The summed E-state index contributed by atoms with van der Waals surface area (Å²) in [7, 11) is -4.64. The SMILES string of the molecule is O=P(O)(O)O.O=S(O)OS(=O)O. The third-order valence-corrected chi connectivity index (χ3v) is 1.05. The van der Waals surface area contributed by atoms with E-state index in [9.17, 15) is 8.42 Å². The molecule has 0 saturated carbocycles. The van der Waals surface area contributed by atoms with Crippen molar-refractivity contribution < 1.29 is 40.4 Å². The van der Waals surface area contributed by atoms with Crippen LogP contribution in [-0.2, 0) is 30.9 Å². The Morgan fingerprint density at radius 2 is 1.17 bits per heavy atom. The molecule has 0 fully saturated rings. The van der Waals surface area contributed by atoms with Crippen LogP contribution in [0, 0.1) is 0 Å². The highest BCUT2D eigenvalue weighted by atomic mass is 32.3. The van der Waals surface area contributed by atoms with Gasteiger partial charge in [-0.15, -0.1) is 3.63 Å². The maximum absolute atomic E-state index is 9.35. The molecule has 0 aromatic heterocycles. The largest absolute Gasteiger partial charge is 0.466 e. The molecule has 76 valence electrons. The molecule has 0 aliphatic rings. The molecule has 0 heterocycles. The van der Waals surface area contributed by atoms with Gasteiger partial charge in [0, 0.05) is 0 Å². The number of rotatable bonds is 2. The van der Waals surface area contributed by atoms with Gasteiger partial charge < -0.3 is 14.7 Å². The molecular formula is H5O9PS2. The molecule has 0 aliphatic carbocycles. The normalized spacial score (nSPS) is 15.8. The van der Waals surface area contributed by atoms with Crippen LogP contribution in [0.3, 0.4) is 0 Å². The predicted octanol–water partition coefficient (Wildman–Crippen LogP) is -1.65. The van der Waals surface area contributed by atoms with Crippen molar-refractivity contribution in [3.63, 3.8) is 0 Å². The molecule has 0 aliphatic heterocycles. The zero-order valence-corrected chi connectivity index (χ0v) is 7.66. The third kappa shape index (κ3) is 48.3. The summed E-state index contributed by atoms with van der Waals surface area (Å²) in [6, 6.07) is 0. The monoisotopic (exact) mass is 244 g/mol. The van der Waals surface area contributed by atoms with E-state index in [1.807, 2.05) is 0 Å². The number of hydrogen-bond donors (Lipinski definition) is 5. The average Bonchev–Trinajstić information content (AvgIpc) is 1.52. The van der Waals surface area contributed by atoms with Crippen molar-refractivity contribution >= 4 is 30.5 Å². The number of hydrogen-bond acceptors (Lipinski definition) is 4. The minimum absolute atomic E-state index is 2.65. The van der Waals surface area contributed by atoms with Gasteiger partial charge in [-0.2, -0.15) is 8.42 Å². The van der Waals surface area contributed by atoms with Crippen LogP contribution in [0.5, 0.6) is 0 Å². The second-order valence-electron chi connectivity index (χ2n) is 1.02. The van der Waals surface area contributed by atoms with E-state index in [0.29, 0.717) is 0 Å². The summed E-state index contributed by atoms with van der Waals surface area (Å²) in [5, 5.41) is 0.